The summed E-state index contributed by atoms with van der Waals surface area (Å²) in [6.45, 7) is 0. The molecule has 0 amide bonds. The lowest BCUT2D eigenvalue weighted by Gasteiger charge is -2.15. The van der Waals surface area contributed by atoms with Gasteiger partial charge in [-0.15, -0.1) is 0 Å². The minimum atomic E-state index is -0.588. The predicted octanol–water partition coefficient (Wildman–Crippen LogP) is 2.71. The Labute approximate surface area is 107 Å². The van der Waals surface area contributed by atoms with Crippen molar-refractivity contribution in [2.75, 3.05) is 12.4 Å². The zero-order chi connectivity index (χ0) is 13.0. The molecule has 0 spiro atoms. The van der Waals surface area contributed by atoms with E-state index in [2.05, 4.69) is 5.32 Å². The number of anilines is 1. The van der Waals surface area contributed by atoms with Crippen LogP contribution in [0.25, 0.3) is 0 Å². The van der Waals surface area contributed by atoms with Gasteiger partial charge in [0.1, 0.15) is 5.75 Å². The van der Waals surface area contributed by atoms with Gasteiger partial charge in [0, 0.05) is 24.7 Å². The number of benzene rings is 2. The second-order valence-corrected chi connectivity index (χ2v) is 4.23. The predicted molar refractivity (Wildman–Crippen MR) is 72.8 cm³/mol. The Kier molecular flexibility index (Phi) is 3.85. The van der Waals surface area contributed by atoms with E-state index in [0.29, 0.717) is 6.42 Å². The molecule has 0 aliphatic carbocycles. The van der Waals surface area contributed by atoms with Crippen molar-refractivity contribution in [1.29, 1.82) is 0 Å². The first-order chi connectivity index (χ1) is 8.70. The smallest absolute Gasteiger partial charge is 0.115 e. The fourth-order valence-corrected chi connectivity index (χ4v) is 2.03. The second-order valence-electron chi connectivity index (χ2n) is 4.23. The maximum Gasteiger partial charge on any atom is 0.115 e. The summed E-state index contributed by atoms with van der Waals surface area (Å²) in [5.74, 6) is 0.224. The Morgan fingerprint density at radius 1 is 1.11 bits per heavy atom. The highest BCUT2D eigenvalue weighted by Gasteiger charge is 2.12. The summed E-state index contributed by atoms with van der Waals surface area (Å²) in [5.41, 5.74) is 2.70. The molecule has 0 aromatic heterocycles. The first-order valence-corrected chi connectivity index (χ1v) is 5.93. The number of aliphatic hydroxyl groups is 1. The number of phenolic OH excluding ortho intramolecular Hbond substituents is 1. The summed E-state index contributed by atoms with van der Waals surface area (Å²) in [6, 6.07) is 14.6. The lowest BCUT2D eigenvalue weighted by molar-refractivity contribution is 0.179. The number of hydrogen-bond donors (Lipinski definition) is 3. The molecule has 0 bridgehead atoms. The van der Waals surface area contributed by atoms with Crippen molar-refractivity contribution in [1.82, 2.24) is 0 Å². The van der Waals surface area contributed by atoms with Gasteiger partial charge in [0.15, 0.2) is 0 Å². The van der Waals surface area contributed by atoms with Gasteiger partial charge in [0.05, 0.1) is 6.10 Å². The van der Waals surface area contributed by atoms with Crippen molar-refractivity contribution >= 4 is 5.69 Å². The monoisotopic (exact) mass is 243 g/mol. The van der Waals surface area contributed by atoms with E-state index in [4.69, 9.17) is 0 Å². The number of phenols is 1. The van der Waals surface area contributed by atoms with E-state index in [9.17, 15) is 10.2 Å². The molecule has 3 heteroatoms. The van der Waals surface area contributed by atoms with E-state index in [1.54, 1.807) is 18.2 Å². The molecule has 0 aliphatic heterocycles. The van der Waals surface area contributed by atoms with Crippen molar-refractivity contribution < 1.29 is 10.2 Å². The molecule has 0 saturated heterocycles. The van der Waals surface area contributed by atoms with E-state index in [0.717, 1.165) is 16.8 Å². The molecule has 0 aliphatic rings. The Morgan fingerprint density at radius 2 is 1.89 bits per heavy atom. The van der Waals surface area contributed by atoms with Gasteiger partial charge in [0.2, 0.25) is 0 Å². The van der Waals surface area contributed by atoms with E-state index in [-0.39, 0.29) is 5.75 Å². The normalized spacial score (nSPS) is 12.1. The van der Waals surface area contributed by atoms with Crippen LogP contribution in [0.1, 0.15) is 17.2 Å². The molecular weight excluding hydrogens is 226 g/mol. The van der Waals surface area contributed by atoms with Crippen LogP contribution in [-0.4, -0.2) is 17.3 Å². The maximum absolute atomic E-state index is 10.3. The van der Waals surface area contributed by atoms with Crippen LogP contribution in [-0.2, 0) is 6.42 Å². The van der Waals surface area contributed by atoms with E-state index >= 15 is 0 Å². The number of nitrogens with one attached hydrogen (secondary N) is 1. The Morgan fingerprint density at radius 3 is 2.61 bits per heavy atom. The van der Waals surface area contributed by atoms with Crippen molar-refractivity contribution in [3.8, 4) is 5.75 Å². The summed E-state index contributed by atoms with van der Waals surface area (Å²) >= 11 is 0. The van der Waals surface area contributed by atoms with Gasteiger partial charge in [-0.25, -0.2) is 0 Å². The lowest BCUT2D eigenvalue weighted by atomic mass is 10.00. The van der Waals surface area contributed by atoms with E-state index < -0.39 is 6.10 Å². The standard InChI is InChI=1S/C15H17NO2/c1-16-14-8-3-2-7-13(14)15(18)10-11-5-4-6-12(17)9-11/h2-9,15-18H,10H2,1H3. The van der Waals surface area contributed by atoms with Crippen LogP contribution in [0.3, 0.4) is 0 Å². The Balaban J connectivity index is 2.19. The molecule has 1 atom stereocenters. The molecule has 94 valence electrons. The molecule has 3 N–H and O–H groups in total. The molecular formula is C15H17NO2. The number of hydrogen-bond acceptors (Lipinski definition) is 3. The quantitative estimate of drug-likeness (QED) is 0.774. The molecule has 0 heterocycles. The Bertz CT molecular complexity index is 525. The highest BCUT2D eigenvalue weighted by molar-refractivity contribution is 5.52. The maximum atomic E-state index is 10.3. The molecule has 0 radical (unpaired) electrons. The Hall–Kier alpha value is -2.00. The number of para-hydroxylation sites is 1. The zero-order valence-corrected chi connectivity index (χ0v) is 10.3. The molecule has 3 nitrogen and oxygen atoms in total. The molecule has 0 fully saturated rings. The van der Waals surface area contributed by atoms with Crippen LogP contribution in [0.4, 0.5) is 5.69 Å². The van der Waals surface area contributed by atoms with Gasteiger partial charge in [0.25, 0.3) is 0 Å². The average Bonchev–Trinajstić information content (AvgIpc) is 2.38. The number of rotatable bonds is 4. The SMILES string of the molecule is CNc1ccccc1C(O)Cc1cccc(O)c1. The summed E-state index contributed by atoms with van der Waals surface area (Å²) in [5, 5.41) is 22.7. The topological polar surface area (TPSA) is 52.5 Å². The van der Waals surface area contributed by atoms with Crippen molar-refractivity contribution in [2.45, 2.75) is 12.5 Å². The van der Waals surface area contributed by atoms with Gasteiger partial charge in [-0.1, -0.05) is 30.3 Å². The summed E-state index contributed by atoms with van der Waals surface area (Å²) in [7, 11) is 1.83. The minimum absolute atomic E-state index is 0.224. The molecule has 2 aromatic carbocycles. The highest BCUT2D eigenvalue weighted by Crippen LogP contribution is 2.26. The summed E-state index contributed by atoms with van der Waals surface area (Å²) in [4.78, 5) is 0. The van der Waals surface area contributed by atoms with Crippen LogP contribution in [0.5, 0.6) is 5.75 Å². The lowest BCUT2D eigenvalue weighted by Crippen LogP contribution is -2.05. The number of aromatic hydroxyl groups is 1. The summed E-state index contributed by atoms with van der Waals surface area (Å²) in [6.07, 6.45) is -0.108. The molecule has 18 heavy (non-hydrogen) atoms. The largest absolute Gasteiger partial charge is 0.508 e. The third-order valence-electron chi connectivity index (χ3n) is 2.93. The zero-order valence-electron chi connectivity index (χ0n) is 10.3. The van der Waals surface area contributed by atoms with Gasteiger partial charge in [-0.3, -0.25) is 0 Å². The van der Waals surface area contributed by atoms with Crippen molar-refractivity contribution in [2.24, 2.45) is 0 Å². The van der Waals surface area contributed by atoms with Crippen molar-refractivity contribution in [3.05, 3.63) is 59.7 Å². The van der Waals surface area contributed by atoms with Crippen LogP contribution >= 0.6 is 0 Å². The van der Waals surface area contributed by atoms with Crippen LogP contribution in [0.15, 0.2) is 48.5 Å². The first-order valence-electron chi connectivity index (χ1n) is 5.93. The highest BCUT2D eigenvalue weighted by atomic mass is 16.3. The molecule has 2 rings (SSSR count). The van der Waals surface area contributed by atoms with Gasteiger partial charge < -0.3 is 15.5 Å². The molecule has 0 saturated carbocycles. The minimum Gasteiger partial charge on any atom is -0.508 e. The molecule has 2 aromatic rings. The van der Waals surface area contributed by atoms with Gasteiger partial charge in [-0.2, -0.15) is 0 Å². The van der Waals surface area contributed by atoms with E-state index in [1.807, 2.05) is 37.4 Å². The fraction of sp³-hybridized carbons (Fsp3) is 0.200. The third kappa shape index (κ3) is 2.81. The van der Waals surface area contributed by atoms with Gasteiger partial charge >= 0.3 is 0 Å². The van der Waals surface area contributed by atoms with Crippen LogP contribution < -0.4 is 5.32 Å². The average molecular weight is 243 g/mol. The second kappa shape index (κ2) is 5.56. The van der Waals surface area contributed by atoms with Crippen molar-refractivity contribution in [3.63, 3.8) is 0 Å². The fourth-order valence-electron chi connectivity index (χ4n) is 2.03. The third-order valence-corrected chi connectivity index (χ3v) is 2.93. The van der Waals surface area contributed by atoms with E-state index in [1.165, 1.54) is 0 Å². The van der Waals surface area contributed by atoms with Crippen LogP contribution in [0, 0.1) is 0 Å². The summed E-state index contributed by atoms with van der Waals surface area (Å²) < 4.78 is 0. The van der Waals surface area contributed by atoms with Crippen LogP contribution in [0.2, 0.25) is 0 Å². The van der Waals surface area contributed by atoms with Gasteiger partial charge in [-0.05, 0) is 23.8 Å². The molecule has 1 unspecified atom stereocenters. The number of aliphatic hydroxyl groups excluding tert-OH is 1. The first kappa shape index (κ1) is 12.5.